The normalized spacial score (nSPS) is 11.7. The van der Waals surface area contributed by atoms with Crippen LogP contribution in [0.25, 0.3) is 0 Å². The number of anilines is 2. The number of nitrogen functional groups attached to an aromatic ring is 1. The molecule has 0 saturated carbocycles. The number of ether oxygens (including phenoxy) is 1. The second-order valence-corrected chi connectivity index (χ2v) is 3.68. The fourth-order valence-corrected chi connectivity index (χ4v) is 1.29. The summed E-state index contributed by atoms with van der Waals surface area (Å²) in [6.07, 6.45) is 0. The minimum absolute atomic E-state index is 0.0121. The Balaban J connectivity index is 3.13. The molecule has 98 valence electrons. The molecule has 1 rings (SSSR count). The molecular weight excluding hydrogens is 241 g/mol. The Morgan fingerprint density at radius 2 is 2.06 bits per heavy atom. The molecule has 1 amide bonds. The van der Waals surface area contributed by atoms with E-state index in [1.54, 1.807) is 0 Å². The molecule has 1 unspecified atom stereocenters. The number of nitrogens with one attached hydrogen (secondary N) is 1. The van der Waals surface area contributed by atoms with Crippen molar-refractivity contribution in [3.8, 4) is 0 Å². The minimum Gasteiger partial charge on any atom is -0.465 e. The van der Waals surface area contributed by atoms with Crippen LogP contribution >= 0.6 is 0 Å². The van der Waals surface area contributed by atoms with Crippen LogP contribution in [-0.4, -0.2) is 25.0 Å². The van der Waals surface area contributed by atoms with E-state index in [2.05, 4.69) is 10.1 Å². The quantitative estimate of drug-likeness (QED) is 0.535. The second kappa shape index (κ2) is 5.35. The summed E-state index contributed by atoms with van der Waals surface area (Å²) in [6, 6.07) is 1.37. The van der Waals surface area contributed by atoms with Crippen molar-refractivity contribution in [1.29, 1.82) is 0 Å². The van der Waals surface area contributed by atoms with Gasteiger partial charge in [-0.2, -0.15) is 0 Å². The number of halogens is 1. The Morgan fingerprint density at radius 3 is 2.56 bits per heavy atom. The van der Waals surface area contributed by atoms with E-state index in [0.29, 0.717) is 0 Å². The van der Waals surface area contributed by atoms with Crippen molar-refractivity contribution in [3.05, 3.63) is 23.5 Å². The Hall–Kier alpha value is -2.31. The summed E-state index contributed by atoms with van der Waals surface area (Å²) in [5, 5.41) is 2.54. The summed E-state index contributed by atoms with van der Waals surface area (Å²) in [7, 11) is 1.18. The molecule has 0 radical (unpaired) electrons. The molecule has 0 fully saturated rings. The summed E-state index contributed by atoms with van der Waals surface area (Å²) in [5.74, 6) is -2.03. The van der Waals surface area contributed by atoms with Gasteiger partial charge in [-0.1, -0.05) is 0 Å². The molecule has 1 aromatic carbocycles. The van der Waals surface area contributed by atoms with Crippen molar-refractivity contribution in [1.82, 2.24) is 0 Å². The third kappa shape index (κ3) is 2.88. The van der Waals surface area contributed by atoms with Crippen LogP contribution in [0, 0.1) is 5.82 Å². The standard InChI is InChI=1S/C11H14FN3O3/c1-5(10(14)16)15-9-3-6(11(17)18-2)8(13)4-7(9)12/h3-5,15H,13H2,1-2H3,(H2,14,16). The zero-order valence-corrected chi connectivity index (χ0v) is 9.99. The molecule has 0 saturated heterocycles. The van der Waals surface area contributed by atoms with Gasteiger partial charge in [-0.15, -0.1) is 0 Å². The van der Waals surface area contributed by atoms with E-state index in [1.807, 2.05) is 0 Å². The van der Waals surface area contributed by atoms with Gasteiger partial charge in [-0.05, 0) is 19.1 Å². The molecule has 0 spiro atoms. The van der Waals surface area contributed by atoms with Crippen molar-refractivity contribution in [3.63, 3.8) is 0 Å². The molecule has 7 heteroatoms. The highest BCUT2D eigenvalue weighted by Gasteiger charge is 2.17. The first-order chi connectivity index (χ1) is 8.36. The van der Waals surface area contributed by atoms with Crippen molar-refractivity contribution < 1.29 is 18.7 Å². The number of rotatable bonds is 4. The predicted octanol–water partition coefficient (Wildman–Crippen LogP) is 0.480. The number of amides is 1. The molecule has 6 nitrogen and oxygen atoms in total. The fourth-order valence-electron chi connectivity index (χ4n) is 1.29. The predicted molar refractivity (Wildman–Crippen MR) is 64.4 cm³/mol. The van der Waals surface area contributed by atoms with Gasteiger partial charge in [-0.25, -0.2) is 9.18 Å². The van der Waals surface area contributed by atoms with Crippen LogP contribution in [0.5, 0.6) is 0 Å². The highest BCUT2D eigenvalue weighted by molar-refractivity contribution is 5.96. The SMILES string of the molecule is COC(=O)c1cc(NC(C)C(N)=O)c(F)cc1N. The number of primary amides is 1. The first-order valence-corrected chi connectivity index (χ1v) is 5.10. The van der Waals surface area contributed by atoms with Crippen molar-refractivity contribution in [2.75, 3.05) is 18.2 Å². The van der Waals surface area contributed by atoms with E-state index >= 15 is 0 Å². The number of carbonyl (C=O) groups is 2. The fraction of sp³-hybridized carbons (Fsp3) is 0.273. The van der Waals surface area contributed by atoms with Gasteiger partial charge < -0.3 is 21.5 Å². The van der Waals surface area contributed by atoms with E-state index in [0.717, 1.165) is 6.07 Å². The number of nitrogens with two attached hydrogens (primary N) is 2. The van der Waals surface area contributed by atoms with Crippen molar-refractivity contribution in [2.24, 2.45) is 5.73 Å². The molecule has 0 aliphatic rings. The minimum atomic E-state index is -0.784. The number of esters is 1. The van der Waals surface area contributed by atoms with Crippen LogP contribution in [0.15, 0.2) is 12.1 Å². The smallest absolute Gasteiger partial charge is 0.340 e. The van der Waals surface area contributed by atoms with Gasteiger partial charge in [0, 0.05) is 5.69 Å². The average molecular weight is 255 g/mol. The van der Waals surface area contributed by atoms with Crippen LogP contribution in [0.4, 0.5) is 15.8 Å². The zero-order chi connectivity index (χ0) is 13.9. The molecule has 0 heterocycles. The first kappa shape index (κ1) is 13.8. The number of hydrogen-bond donors (Lipinski definition) is 3. The van der Waals surface area contributed by atoms with E-state index < -0.39 is 23.7 Å². The van der Waals surface area contributed by atoms with Gasteiger partial charge in [-0.3, -0.25) is 4.79 Å². The Kier molecular flexibility index (Phi) is 4.09. The molecule has 1 aromatic rings. The monoisotopic (exact) mass is 255 g/mol. The molecule has 0 aromatic heterocycles. The van der Waals surface area contributed by atoms with Gasteiger partial charge in [0.05, 0.1) is 18.4 Å². The lowest BCUT2D eigenvalue weighted by atomic mass is 10.1. The molecule has 0 bridgehead atoms. The molecular formula is C11H14FN3O3. The van der Waals surface area contributed by atoms with Crippen LogP contribution in [0.2, 0.25) is 0 Å². The Bertz CT molecular complexity index is 491. The average Bonchev–Trinajstić information content (AvgIpc) is 2.31. The summed E-state index contributed by atoms with van der Waals surface area (Å²) < 4.78 is 18.1. The third-order valence-electron chi connectivity index (χ3n) is 2.34. The molecule has 0 aliphatic carbocycles. The Labute approximate surface area is 103 Å². The van der Waals surface area contributed by atoms with E-state index in [1.165, 1.54) is 20.1 Å². The van der Waals surface area contributed by atoms with Gasteiger partial charge in [0.25, 0.3) is 0 Å². The highest BCUT2D eigenvalue weighted by atomic mass is 19.1. The molecule has 18 heavy (non-hydrogen) atoms. The van der Waals surface area contributed by atoms with Gasteiger partial charge >= 0.3 is 5.97 Å². The van der Waals surface area contributed by atoms with E-state index in [9.17, 15) is 14.0 Å². The topological polar surface area (TPSA) is 107 Å². The van der Waals surface area contributed by atoms with Gasteiger partial charge in [0.1, 0.15) is 11.9 Å². The van der Waals surface area contributed by atoms with E-state index in [-0.39, 0.29) is 16.9 Å². The lowest BCUT2D eigenvalue weighted by molar-refractivity contribution is -0.118. The number of benzene rings is 1. The highest BCUT2D eigenvalue weighted by Crippen LogP contribution is 2.23. The lowest BCUT2D eigenvalue weighted by Gasteiger charge is -2.14. The maximum atomic E-state index is 13.6. The molecule has 1 atom stereocenters. The third-order valence-corrected chi connectivity index (χ3v) is 2.34. The first-order valence-electron chi connectivity index (χ1n) is 5.10. The Morgan fingerprint density at radius 1 is 1.44 bits per heavy atom. The van der Waals surface area contributed by atoms with Crippen LogP contribution in [0.3, 0.4) is 0 Å². The molecule has 0 aliphatic heterocycles. The lowest BCUT2D eigenvalue weighted by Crippen LogP contribution is -2.32. The second-order valence-electron chi connectivity index (χ2n) is 3.68. The maximum Gasteiger partial charge on any atom is 0.340 e. The van der Waals surface area contributed by atoms with Crippen LogP contribution < -0.4 is 16.8 Å². The maximum absolute atomic E-state index is 13.6. The summed E-state index contributed by atoms with van der Waals surface area (Å²) >= 11 is 0. The van der Waals surface area contributed by atoms with Crippen molar-refractivity contribution >= 4 is 23.3 Å². The van der Waals surface area contributed by atoms with Crippen LogP contribution in [-0.2, 0) is 9.53 Å². The van der Waals surface area contributed by atoms with E-state index in [4.69, 9.17) is 11.5 Å². The number of carbonyl (C=O) groups excluding carboxylic acids is 2. The zero-order valence-electron chi connectivity index (χ0n) is 9.99. The summed E-state index contributed by atoms with van der Waals surface area (Å²) in [6.45, 7) is 1.47. The van der Waals surface area contributed by atoms with Crippen LogP contribution in [0.1, 0.15) is 17.3 Å². The largest absolute Gasteiger partial charge is 0.465 e. The van der Waals surface area contributed by atoms with Gasteiger partial charge in [0.15, 0.2) is 0 Å². The number of methoxy groups -OCH3 is 1. The van der Waals surface area contributed by atoms with Crippen molar-refractivity contribution in [2.45, 2.75) is 13.0 Å². The summed E-state index contributed by atoms with van der Waals surface area (Å²) in [4.78, 5) is 22.3. The number of hydrogen-bond acceptors (Lipinski definition) is 5. The summed E-state index contributed by atoms with van der Waals surface area (Å²) in [5.41, 5.74) is 10.5. The van der Waals surface area contributed by atoms with Gasteiger partial charge in [0.2, 0.25) is 5.91 Å². The molecule has 5 N–H and O–H groups in total.